The second-order valence-electron chi connectivity index (χ2n) is 10.1. The maximum absolute atomic E-state index is 13.1. The number of esters is 2. The van der Waals surface area contributed by atoms with Crippen LogP contribution in [0.5, 0.6) is 0 Å². The van der Waals surface area contributed by atoms with Crippen LogP contribution in [0.3, 0.4) is 0 Å². The summed E-state index contributed by atoms with van der Waals surface area (Å²) in [5.74, 6) is -0.400. The zero-order valence-electron chi connectivity index (χ0n) is 18.8. The highest BCUT2D eigenvalue weighted by molar-refractivity contribution is 5.84. The summed E-state index contributed by atoms with van der Waals surface area (Å²) in [5.41, 5.74) is -1.84. The van der Waals surface area contributed by atoms with Crippen LogP contribution in [0, 0.1) is 34.5 Å². The summed E-state index contributed by atoms with van der Waals surface area (Å²) in [6.45, 7) is 6.33. The van der Waals surface area contributed by atoms with E-state index in [1.807, 2.05) is 6.08 Å². The van der Waals surface area contributed by atoms with Gasteiger partial charge in [0, 0.05) is 19.4 Å². The molecule has 3 fully saturated rings. The molecule has 0 aromatic carbocycles. The zero-order valence-corrected chi connectivity index (χ0v) is 18.8. The van der Waals surface area contributed by atoms with Crippen LogP contribution in [0.25, 0.3) is 0 Å². The monoisotopic (exact) mass is 432 g/mol. The molecular formula is C24H32O7. The quantitative estimate of drug-likeness (QED) is 0.501. The molecule has 2 saturated heterocycles. The van der Waals surface area contributed by atoms with Crippen molar-refractivity contribution in [2.24, 2.45) is 34.5 Å². The molecule has 31 heavy (non-hydrogen) atoms. The number of fused-ring (bicyclic) bond motifs is 2. The standard InChI is InChI=1S/C24H32O7/c1-13-7-6-9-22(3)15(13)11-17-23-12-29-24(21(26)28-5,10-8-16(22)23)19(23)18(30-14(2)25)20(27-4)31-17/h6-8,10,13,15-20H,9,11-12H2,1-5H3/t13-,15+,16-,17-,18-,19-,20?,22+,23+,24-/m1/s1. The fourth-order valence-electron chi connectivity index (χ4n) is 7.76. The van der Waals surface area contributed by atoms with Crippen LogP contribution in [0.15, 0.2) is 24.3 Å². The van der Waals surface area contributed by atoms with Crippen molar-refractivity contribution in [2.75, 3.05) is 20.8 Å². The zero-order chi connectivity index (χ0) is 22.2. The molecule has 1 spiro atoms. The molecule has 0 aromatic rings. The maximum atomic E-state index is 13.1. The molecule has 10 atom stereocenters. The second kappa shape index (κ2) is 6.90. The molecule has 5 rings (SSSR count). The lowest BCUT2D eigenvalue weighted by Gasteiger charge is -2.66. The predicted octanol–water partition coefficient (Wildman–Crippen LogP) is 2.64. The van der Waals surface area contributed by atoms with E-state index in [2.05, 4.69) is 32.1 Å². The number of ether oxygens (including phenoxy) is 5. The summed E-state index contributed by atoms with van der Waals surface area (Å²) < 4.78 is 29.5. The molecule has 5 aliphatic rings. The summed E-state index contributed by atoms with van der Waals surface area (Å²) in [6.07, 6.45) is 8.68. The normalized spacial score (nSPS) is 51.6. The average molecular weight is 433 g/mol. The van der Waals surface area contributed by atoms with Crippen molar-refractivity contribution in [3.8, 4) is 0 Å². The summed E-state index contributed by atoms with van der Waals surface area (Å²) in [5, 5.41) is 0. The Bertz CT molecular complexity index is 851. The van der Waals surface area contributed by atoms with E-state index in [-0.39, 0.29) is 17.4 Å². The van der Waals surface area contributed by atoms with Gasteiger partial charge >= 0.3 is 11.9 Å². The number of carbonyl (C=O) groups is 2. The molecule has 2 bridgehead atoms. The van der Waals surface area contributed by atoms with E-state index in [1.54, 1.807) is 7.11 Å². The van der Waals surface area contributed by atoms with Crippen molar-refractivity contribution < 1.29 is 33.3 Å². The molecule has 1 saturated carbocycles. The fourth-order valence-corrected chi connectivity index (χ4v) is 7.76. The Morgan fingerprint density at radius 2 is 1.97 bits per heavy atom. The van der Waals surface area contributed by atoms with Gasteiger partial charge in [0.25, 0.3) is 0 Å². The molecule has 170 valence electrons. The van der Waals surface area contributed by atoms with Gasteiger partial charge in [-0.3, -0.25) is 4.79 Å². The Kier molecular flexibility index (Phi) is 4.71. The van der Waals surface area contributed by atoms with Crippen LogP contribution in [0.4, 0.5) is 0 Å². The Labute approximate surface area is 183 Å². The second-order valence-corrected chi connectivity index (χ2v) is 10.1. The third-order valence-electron chi connectivity index (χ3n) is 8.91. The number of rotatable bonds is 3. The van der Waals surface area contributed by atoms with Crippen LogP contribution < -0.4 is 0 Å². The molecule has 7 heteroatoms. The van der Waals surface area contributed by atoms with Crippen LogP contribution in [-0.2, 0) is 33.3 Å². The van der Waals surface area contributed by atoms with E-state index in [0.29, 0.717) is 18.4 Å². The van der Waals surface area contributed by atoms with Crippen molar-refractivity contribution in [1.29, 1.82) is 0 Å². The lowest BCUT2D eigenvalue weighted by Crippen LogP contribution is -2.72. The Balaban J connectivity index is 1.72. The van der Waals surface area contributed by atoms with Crippen LogP contribution in [0.2, 0.25) is 0 Å². The van der Waals surface area contributed by atoms with Gasteiger partial charge in [0.05, 0.1) is 25.7 Å². The number of methoxy groups -OCH3 is 2. The third-order valence-corrected chi connectivity index (χ3v) is 8.91. The van der Waals surface area contributed by atoms with E-state index >= 15 is 0 Å². The highest BCUT2D eigenvalue weighted by atomic mass is 16.7. The number of hydrogen-bond donors (Lipinski definition) is 0. The molecule has 0 N–H and O–H groups in total. The van der Waals surface area contributed by atoms with E-state index in [0.717, 1.165) is 12.8 Å². The lowest BCUT2D eigenvalue weighted by atomic mass is 9.40. The Hall–Kier alpha value is -1.70. The first-order valence-electron chi connectivity index (χ1n) is 11.2. The molecular weight excluding hydrogens is 400 g/mol. The van der Waals surface area contributed by atoms with Crippen molar-refractivity contribution in [3.63, 3.8) is 0 Å². The summed E-state index contributed by atoms with van der Waals surface area (Å²) >= 11 is 0. The minimum Gasteiger partial charge on any atom is -0.467 e. The molecule has 7 nitrogen and oxygen atoms in total. The number of allylic oxidation sites excluding steroid dienone is 3. The van der Waals surface area contributed by atoms with Gasteiger partial charge in [-0.05, 0) is 42.1 Å². The molecule has 0 amide bonds. The minimum atomic E-state index is -1.32. The number of hydrogen-bond acceptors (Lipinski definition) is 7. The SMILES string of the molecule is COC(=O)[C@@]12C=C[C@@H]3[C@@]4(C)CC=C[C@@H](C)[C@@H]4C[C@H]4OC(OC)[C@H](OC(C)=O)[C@@H]1[C@@]34CO2. The van der Waals surface area contributed by atoms with Gasteiger partial charge in [0.15, 0.2) is 18.0 Å². The van der Waals surface area contributed by atoms with E-state index in [1.165, 1.54) is 14.0 Å². The van der Waals surface area contributed by atoms with Crippen molar-refractivity contribution in [1.82, 2.24) is 0 Å². The molecule has 3 aliphatic carbocycles. The van der Waals surface area contributed by atoms with Crippen molar-refractivity contribution >= 4 is 11.9 Å². The topological polar surface area (TPSA) is 80.3 Å². The largest absolute Gasteiger partial charge is 0.467 e. The Morgan fingerprint density at radius 1 is 1.19 bits per heavy atom. The van der Waals surface area contributed by atoms with Gasteiger partial charge in [-0.25, -0.2) is 4.79 Å². The van der Waals surface area contributed by atoms with Gasteiger partial charge < -0.3 is 23.7 Å². The van der Waals surface area contributed by atoms with Crippen LogP contribution >= 0.6 is 0 Å². The maximum Gasteiger partial charge on any atom is 0.342 e. The van der Waals surface area contributed by atoms with E-state index < -0.39 is 41.3 Å². The highest BCUT2D eigenvalue weighted by Gasteiger charge is 2.78. The van der Waals surface area contributed by atoms with E-state index in [4.69, 9.17) is 23.7 Å². The average Bonchev–Trinajstić information content (AvgIpc) is 2.97. The predicted molar refractivity (Wildman–Crippen MR) is 110 cm³/mol. The van der Waals surface area contributed by atoms with Gasteiger partial charge in [-0.2, -0.15) is 0 Å². The van der Waals surface area contributed by atoms with Crippen LogP contribution in [-0.4, -0.2) is 56.9 Å². The van der Waals surface area contributed by atoms with Crippen LogP contribution in [0.1, 0.15) is 33.6 Å². The van der Waals surface area contributed by atoms with E-state index in [9.17, 15) is 9.59 Å². The fraction of sp³-hybridized carbons (Fsp3) is 0.750. The molecule has 1 unspecified atom stereocenters. The smallest absolute Gasteiger partial charge is 0.342 e. The van der Waals surface area contributed by atoms with Gasteiger partial charge in [0.1, 0.15) is 0 Å². The molecule has 2 aliphatic heterocycles. The number of carbonyl (C=O) groups excluding carboxylic acids is 2. The molecule has 0 aromatic heterocycles. The minimum absolute atomic E-state index is 0.0144. The van der Waals surface area contributed by atoms with Crippen molar-refractivity contribution in [3.05, 3.63) is 24.3 Å². The highest BCUT2D eigenvalue weighted by Crippen LogP contribution is 2.71. The molecule has 0 radical (unpaired) electrons. The Morgan fingerprint density at radius 3 is 2.65 bits per heavy atom. The van der Waals surface area contributed by atoms with Crippen molar-refractivity contribution in [2.45, 2.75) is 57.7 Å². The summed E-state index contributed by atoms with van der Waals surface area (Å²) in [6, 6.07) is 0. The first-order valence-corrected chi connectivity index (χ1v) is 11.2. The summed E-state index contributed by atoms with van der Waals surface area (Å²) in [7, 11) is 2.91. The van der Waals surface area contributed by atoms with Gasteiger partial charge in [-0.15, -0.1) is 0 Å². The van der Waals surface area contributed by atoms with Gasteiger partial charge in [-0.1, -0.05) is 32.1 Å². The first kappa shape index (κ1) is 21.2. The lowest BCUT2D eigenvalue weighted by molar-refractivity contribution is -0.322. The molecule has 2 heterocycles. The summed E-state index contributed by atoms with van der Waals surface area (Å²) in [4.78, 5) is 25.2. The first-order chi connectivity index (χ1) is 14.7. The van der Waals surface area contributed by atoms with Gasteiger partial charge in [0.2, 0.25) is 0 Å². The third kappa shape index (κ3) is 2.51.